The van der Waals surface area contributed by atoms with Gasteiger partial charge < -0.3 is 14.5 Å². The SMILES string of the molecule is CC1=C(C)N2C(=NC3C2C(=O)NC(=O)N3C)N1CCN1CC(C)OC(C)C1. The van der Waals surface area contributed by atoms with Crippen LogP contribution in [0.5, 0.6) is 0 Å². The minimum atomic E-state index is -0.494. The molecule has 4 aliphatic heterocycles. The topological polar surface area (TPSA) is 80.7 Å². The van der Waals surface area contributed by atoms with Gasteiger partial charge >= 0.3 is 6.03 Å². The number of guanidine groups is 1. The third kappa shape index (κ3) is 2.89. The molecule has 2 fully saturated rings. The number of likely N-dealkylation sites (N-methyl/N-ethyl adjacent to an activating group) is 1. The maximum absolute atomic E-state index is 12.5. The molecule has 0 radical (unpaired) electrons. The number of fused-ring (bicyclic) bond motifs is 3. The molecule has 4 unspecified atom stereocenters. The number of hydrogen-bond donors (Lipinski definition) is 1. The molecular formula is C18H28N6O3. The fourth-order valence-electron chi connectivity index (χ4n) is 4.50. The summed E-state index contributed by atoms with van der Waals surface area (Å²) in [6.45, 7) is 11.8. The van der Waals surface area contributed by atoms with Crippen LogP contribution in [0.4, 0.5) is 4.79 Å². The van der Waals surface area contributed by atoms with Gasteiger partial charge in [-0.2, -0.15) is 0 Å². The minimum absolute atomic E-state index is 0.234. The van der Waals surface area contributed by atoms with E-state index in [0.717, 1.165) is 43.5 Å². The fraction of sp³-hybridized carbons (Fsp3) is 0.722. The van der Waals surface area contributed by atoms with Crippen LogP contribution >= 0.6 is 0 Å². The molecule has 1 N–H and O–H groups in total. The van der Waals surface area contributed by atoms with Crippen molar-refractivity contribution < 1.29 is 14.3 Å². The highest BCUT2D eigenvalue weighted by Crippen LogP contribution is 2.35. The van der Waals surface area contributed by atoms with E-state index in [0.29, 0.717) is 0 Å². The Hall–Kier alpha value is -2.13. The largest absolute Gasteiger partial charge is 0.373 e. The number of rotatable bonds is 3. The van der Waals surface area contributed by atoms with Crippen molar-refractivity contribution in [1.29, 1.82) is 0 Å². The maximum Gasteiger partial charge on any atom is 0.325 e. The van der Waals surface area contributed by atoms with Crippen LogP contribution in [0, 0.1) is 0 Å². The van der Waals surface area contributed by atoms with Crippen molar-refractivity contribution in [3.05, 3.63) is 11.4 Å². The van der Waals surface area contributed by atoms with Gasteiger partial charge in [-0.05, 0) is 27.7 Å². The van der Waals surface area contributed by atoms with Gasteiger partial charge in [-0.15, -0.1) is 0 Å². The van der Waals surface area contributed by atoms with Crippen LogP contribution < -0.4 is 5.32 Å². The molecule has 0 aromatic carbocycles. The van der Waals surface area contributed by atoms with Crippen LogP contribution in [-0.2, 0) is 9.53 Å². The highest BCUT2D eigenvalue weighted by molar-refractivity contribution is 6.05. The van der Waals surface area contributed by atoms with Crippen LogP contribution in [0.15, 0.2) is 16.4 Å². The van der Waals surface area contributed by atoms with Crippen molar-refractivity contribution in [3.63, 3.8) is 0 Å². The number of morpholine rings is 1. The zero-order valence-electron chi connectivity index (χ0n) is 16.6. The molecule has 148 valence electrons. The number of amides is 3. The quantitative estimate of drug-likeness (QED) is 0.759. The van der Waals surface area contributed by atoms with Crippen LogP contribution in [-0.4, -0.2) is 95.1 Å². The lowest BCUT2D eigenvalue weighted by molar-refractivity contribution is -0.126. The first-order valence-corrected chi connectivity index (χ1v) is 9.55. The highest BCUT2D eigenvalue weighted by atomic mass is 16.5. The van der Waals surface area contributed by atoms with Gasteiger partial charge in [0.05, 0.1) is 12.2 Å². The van der Waals surface area contributed by atoms with E-state index in [2.05, 4.69) is 35.9 Å². The number of nitrogens with one attached hydrogen (secondary N) is 1. The monoisotopic (exact) mass is 376 g/mol. The Morgan fingerprint density at radius 2 is 1.78 bits per heavy atom. The molecule has 0 bridgehead atoms. The molecule has 0 aliphatic carbocycles. The number of nitrogens with zero attached hydrogens (tertiary/aromatic N) is 5. The summed E-state index contributed by atoms with van der Waals surface area (Å²) in [4.78, 5) is 37.2. The van der Waals surface area contributed by atoms with Gasteiger partial charge in [0.1, 0.15) is 0 Å². The van der Waals surface area contributed by atoms with Crippen molar-refractivity contribution in [2.24, 2.45) is 4.99 Å². The first kappa shape index (κ1) is 18.2. The maximum atomic E-state index is 12.5. The summed E-state index contributed by atoms with van der Waals surface area (Å²) >= 11 is 0. The first-order chi connectivity index (χ1) is 12.8. The van der Waals surface area contributed by atoms with E-state index in [4.69, 9.17) is 9.73 Å². The number of carbonyl (C=O) groups excluding carboxylic acids is 2. The van der Waals surface area contributed by atoms with Crippen LogP contribution in [0.1, 0.15) is 27.7 Å². The first-order valence-electron chi connectivity index (χ1n) is 9.55. The lowest BCUT2D eigenvalue weighted by Gasteiger charge is -2.36. The van der Waals surface area contributed by atoms with E-state index in [1.807, 2.05) is 11.8 Å². The molecule has 4 rings (SSSR count). The summed E-state index contributed by atoms with van der Waals surface area (Å²) in [5.74, 6) is 0.484. The summed E-state index contributed by atoms with van der Waals surface area (Å²) in [7, 11) is 1.68. The number of carbonyl (C=O) groups is 2. The van der Waals surface area contributed by atoms with E-state index in [1.54, 1.807) is 7.05 Å². The van der Waals surface area contributed by atoms with Crippen molar-refractivity contribution in [2.75, 3.05) is 33.2 Å². The van der Waals surface area contributed by atoms with Gasteiger partial charge in [0, 0.05) is 44.6 Å². The number of aliphatic imine (C=N–C) groups is 1. The molecule has 0 aromatic rings. The number of allylic oxidation sites excluding steroid dienone is 2. The summed E-state index contributed by atoms with van der Waals surface area (Å²) in [6, 6.07) is -0.890. The average molecular weight is 376 g/mol. The summed E-state index contributed by atoms with van der Waals surface area (Å²) in [5, 5.41) is 2.43. The second-order valence-electron chi connectivity index (χ2n) is 7.90. The van der Waals surface area contributed by atoms with Gasteiger partial charge in [0.2, 0.25) is 5.96 Å². The zero-order chi connectivity index (χ0) is 19.5. The van der Waals surface area contributed by atoms with Gasteiger partial charge in [0.25, 0.3) is 5.91 Å². The number of ether oxygens (including phenoxy) is 1. The Bertz CT molecular complexity index is 725. The number of urea groups is 1. The van der Waals surface area contributed by atoms with E-state index < -0.39 is 18.2 Å². The number of imide groups is 1. The molecule has 0 saturated carbocycles. The second kappa shape index (κ2) is 6.49. The third-order valence-electron chi connectivity index (χ3n) is 5.91. The molecule has 9 nitrogen and oxygen atoms in total. The Labute approximate surface area is 159 Å². The van der Waals surface area contributed by atoms with E-state index in [1.165, 1.54) is 4.90 Å². The molecule has 4 atom stereocenters. The van der Waals surface area contributed by atoms with E-state index >= 15 is 0 Å². The third-order valence-corrected chi connectivity index (χ3v) is 5.91. The Morgan fingerprint density at radius 1 is 1.11 bits per heavy atom. The second-order valence-corrected chi connectivity index (χ2v) is 7.90. The minimum Gasteiger partial charge on any atom is -0.373 e. The van der Waals surface area contributed by atoms with Crippen molar-refractivity contribution in [2.45, 2.75) is 52.1 Å². The summed E-state index contributed by atoms with van der Waals surface area (Å²) in [5.41, 5.74) is 2.12. The molecule has 3 amide bonds. The highest BCUT2D eigenvalue weighted by Gasteiger charge is 2.53. The molecule has 9 heteroatoms. The lowest BCUT2D eigenvalue weighted by Crippen LogP contribution is -2.63. The van der Waals surface area contributed by atoms with Crippen LogP contribution in [0.3, 0.4) is 0 Å². The molecule has 2 saturated heterocycles. The van der Waals surface area contributed by atoms with Gasteiger partial charge in [-0.25, -0.2) is 9.79 Å². The van der Waals surface area contributed by atoms with Crippen molar-refractivity contribution in [1.82, 2.24) is 24.9 Å². The molecule has 0 spiro atoms. The van der Waals surface area contributed by atoms with E-state index in [-0.39, 0.29) is 18.1 Å². The van der Waals surface area contributed by atoms with E-state index in [9.17, 15) is 9.59 Å². The van der Waals surface area contributed by atoms with Gasteiger partial charge in [0.15, 0.2) is 12.2 Å². The molecule has 27 heavy (non-hydrogen) atoms. The van der Waals surface area contributed by atoms with Crippen LogP contribution in [0.2, 0.25) is 0 Å². The molecule has 4 heterocycles. The summed E-state index contributed by atoms with van der Waals surface area (Å²) < 4.78 is 5.82. The predicted molar refractivity (Wildman–Crippen MR) is 99.7 cm³/mol. The van der Waals surface area contributed by atoms with Gasteiger partial charge in [-0.1, -0.05) is 0 Å². The number of hydrogen-bond acceptors (Lipinski definition) is 7. The summed E-state index contributed by atoms with van der Waals surface area (Å²) in [6.07, 6.45) is -0.00951. The molecule has 0 aromatic heterocycles. The van der Waals surface area contributed by atoms with Crippen LogP contribution in [0.25, 0.3) is 0 Å². The predicted octanol–water partition coefficient (Wildman–Crippen LogP) is 0.211. The zero-order valence-corrected chi connectivity index (χ0v) is 16.6. The Balaban J connectivity index is 1.53. The lowest BCUT2D eigenvalue weighted by atomic mass is 10.1. The van der Waals surface area contributed by atoms with Crippen molar-refractivity contribution in [3.8, 4) is 0 Å². The van der Waals surface area contributed by atoms with Gasteiger partial charge in [-0.3, -0.25) is 19.9 Å². The van der Waals surface area contributed by atoms with Crippen molar-refractivity contribution >= 4 is 17.9 Å². The average Bonchev–Trinajstić information content (AvgIpc) is 3.08. The Kier molecular flexibility index (Phi) is 4.38. The Morgan fingerprint density at radius 3 is 2.44 bits per heavy atom. The smallest absolute Gasteiger partial charge is 0.325 e. The fourth-order valence-corrected chi connectivity index (χ4v) is 4.50. The molecule has 4 aliphatic rings. The molecular weight excluding hydrogens is 348 g/mol. The normalized spacial score (nSPS) is 34.1. The standard InChI is InChI=1S/C18H28N6O3/c1-10-8-22(9-11(2)27-10)6-7-23-12(3)13(4)24-14-15(19-17(23)24)21(5)18(26)20-16(14)25/h10-11,14-15H,6-9H2,1-5H3,(H,20,25,26).